The summed E-state index contributed by atoms with van der Waals surface area (Å²) in [6.07, 6.45) is 3.42. The average Bonchev–Trinajstić information content (AvgIpc) is 3.05. The van der Waals surface area contributed by atoms with E-state index >= 15 is 0 Å². The lowest BCUT2D eigenvalue weighted by atomic mass is 9.98. The van der Waals surface area contributed by atoms with Gasteiger partial charge in [-0.3, -0.25) is 0 Å². The van der Waals surface area contributed by atoms with Crippen molar-refractivity contribution in [1.82, 2.24) is 5.32 Å². The molecule has 3 rings (SSSR count). The average molecular weight is 291 g/mol. The first-order valence-electron chi connectivity index (χ1n) is 7.86. The van der Waals surface area contributed by atoms with Crippen molar-refractivity contribution < 1.29 is 14.6 Å². The van der Waals surface area contributed by atoms with Gasteiger partial charge in [0.25, 0.3) is 0 Å². The van der Waals surface area contributed by atoms with Gasteiger partial charge in [-0.1, -0.05) is 18.2 Å². The number of ether oxygens (including phenoxy) is 2. The monoisotopic (exact) mass is 291 g/mol. The molecule has 0 aromatic heterocycles. The summed E-state index contributed by atoms with van der Waals surface area (Å²) in [5, 5.41) is 13.2. The minimum atomic E-state index is -0.160. The second kappa shape index (κ2) is 5.95. The molecule has 2 aliphatic heterocycles. The maximum absolute atomic E-state index is 9.76. The van der Waals surface area contributed by atoms with Gasteiger partial charge >= 0.3 is 0 Å². The Morgan fingerprint density at radius 1 is 1.43 bits per heavy atom. The lowest BCUT2D eigenvalue weighted by Gasteiger charge is -2.23. The number of hydrogen-bond donors (Lipinski definition) is 2. The molecule has 116 valence electrons. The summed E-state index contributed by atoms with van der Waals surface area (Å²) in [6.45, 7) is 5.90. The number of hydrogen-bond acceptors (Lipinski definition) is 4. The molecule has 0 spiro atoms. The van der Waals surface area contributed by atoms with Crippen molar-refractivity contribution in [3.63, 3.8) is 0 Å². The van der Waals surface area contributed by atoms with Crippen LogP contribution in [0.25, 0.3) is 0 Å². The topological polar surface area (TPSA) is 50.7 Å². The van der Waals surface area contributed by atoms with E-state index in [1.165, 1.54) is 5.56 Å². The first kappa shape index (κ1) is 14.8. The zero-order valence-corrected chi connectivity index (χ0v) is 12.9. The minimum absolute atomic E-state index is 0.0625. The van der Waals surface area contributed by atoms with Gasteiger partial charge in [0.05, 0.1) is 18.8 Å². The predicted molar refractivity (Wildman–Crippen MR) is 81.7 cm³/mol. The summed E-state index contributed by atoms with van der Waals surface area (Å²) in [7, 11) is 0. The van der Waals surface area contributed by atoms with Crippen LogP contribution in [0, 0.1) is 0 Å². The molecule has 0 amide bonds. The SMILES string of the molecule is CC1(C)Cc2cccc(C(CO)NCC3CCCO3)c2O1. The third kappa shape index (κ3) is 3.23. The lowest BCUT2D eigenvalue weighted by molar-refractivity contribution is 0.102. The first-order valence-corrected chi connectivity index (χ1v) is 7.86. The van der Waals surface area contributed by atoms with Gasteiger partial charge in [0.2, 0.25) is 0 Å². The highest BCUT2D eigenvalue weighted by atomic mass is 16.5. The van der Waals surface area contributed by atoms with E-state index in [1.54, 1.807) is 0 Å². The van der Waals surface area contributed by atoms with E-state index in [9.17, 15) is 5.11 Å². The highest BCUT2D eigenvalue weighted by molar-refractivity contribution is 5.47. The molecular weight excluding hydrogens is 266 g/mol. The van der Waals surface area contributed by atoms with Crippen LogP contribution >= 0.6 is 0 Å². The summed E-state index contributed by atoms with van der Waals surface area (Å²) < 4.78 is 11.7. The molecule has 2 heterocycles. The number of benzene rings is 1. The predicted octanol–water partition coefficient (Wildman–Crippen LogP) is 2.20. The molecule has 4 heteroatoms. The Kier molecular flexibility index (Phi) is 4.20. The maximum Gasteiger partial charge on any atom is 0.128 e. The molecule has 0 saturated carbocycles. The van der Waals surface area contributed by atoms with E-state index < -0.39 is 0 Å². The zero-order chi connectivity index (χ0) is 14.9. The van der Waals surface area contributed by atoms with Gasteiger partial charge in [-0.2, -0.15) is 0 Å². The molecule has 0 aliphatic carbocycles. The number of para-hydroxylation sites is 1. The number of rotatable bonds is 5. The quantitative estimate of drug-likeness (QED) is 0.873. The molecule has 1 saturated heterocycles. The molecule has 2 unspecified atom stereocenters. The summed E-state index contributed by atoms with van der Waals surface area (Å²) >= 11 is 0. The van der Waals surface area contributed by atoms with Gasteiger partial charge in [0.1, 0.15) is 11.4 Å². The highest BCUT2D eigenvalue weighted by Gasteiger charge is 2.33. The molecule has 1 fully saturated rings. The van der Waals surface area contributed by atoms with E-state index in [4.69, 9.17) is 9.47 Å². The lowest BCUT2D eigenvalue weighted by Crippen LogP contribution is -2.32. The van der Waals surface area contributed by atoms with Crippen LogP contribution in [-0.2, 0) is 11.2 Å². The van der Waals surface area contributed by atoms with Crippen molar-refractivity contribution in [1.29, 1.82) is 0 Å². The third-order valence-electron chi connectivity index (χ3n) is 4.30. The zero-order valence-electron chi connectivity index (χ0n) is 12.9. The highest BCUT2D eigenvalue weighted by Crippen LogP contribution is 2.39. The first-order chi connectivity index (χ1) is 10.1. The van der Waals surface area contributed by atoms with Crippen LogP contribution < -0.4 is 10.1 Å². The Morgan fingerprint density at radius 3 is 3.00 bits per heavy atom. The van der Waals surface area contributed by atoms with Crippen molar-refractivity contribution in [2.75, 3.05) is 19.8 Å². The molecule has 21 heavy (non-hydrogen) atoms. The Labute approximate surface area is 126 Å². The molecule has 2 atom stereocenters. The Hall–Kier alpha value is -1.10. The van der Waals surface area contributed by atoms with Crippen molar-refractivity contribution in [3.8, 4) is 5.75 Å². The van der Waals surface area contributed by atoms with E-state index in [0.717, 1.165) is 43.7 Å². The minimum Gasteiger partial charge on any atom is -0.487 e. The fourth-order valence-electron chi connectivity index (χ4n) is 3.27. The van der Waals surface area contributed by atoms with Crippen molar-refractivity contribution in [2.45, 2.75) is 50.9 Å². The molecule has 2 aliphatic rings. The Balaban J connectivity index is 1.74. The molecule has 1 aromatic carbocycles. The van der Waals surface area contributed by atoms with Gasteiger partial charge in [0, 0.05) is 25.1 Å². The standard InChI is InChI=1S/C17H25NO3/c1-17(2)9-12-5-3-7-14(16(12)21-17)15(11-19)18-10-13-6-4-8-20-13/h3,5,7,13,15,18-19H,4,6,8-11H2,1-2H3. The van der Waals surface area contributed by atoms with Crippen LogP contribution in [0.3, 0.4) is 0 Å². The summed E-state index contributed by atoms with van der Waals surface area (Å²) in [4.78, 5) is 0. The van der Waals surface area contributed by atoms with Crippen LogP contribution in [0.2, 0.25) is 0 Å². The number of aliphatic hydroxyl groups is 1. The van der Waals surface area contributed by atoms with Crippen LogP contribution in [0.4, 0.5) is 0 Å². The summed E-state index contributed by atoms with van der Waals surface area (Å²) in [5.41, 5.74) is 2.13. The molecule has 2 N–H and O–H groups in total. The van der Waals surface area contributed by atoms with Crippen molar-refractivity contribution in [2.24, 2.45) is 0 Å². The third-order valence-corrected chi connectivity index (χ3v) is 4.30. The fourth-order valence-corrected chi connectivity index (χ4v) is 3.27. The number of aliphatic hydroxyl groups excluding tert-OH is 1. The molecule has 4 nitrogen and oxygen atoms in total. The Morgan fingerprint density at radius 2 is 2.29 bits per heavy atom. The largest absolute Gasteiger partial charge is 0.487 e. The summed E-state index contributed by atoms with van der Waals surface area (Å²) in [5.74, 6) is 0.946. The molecule has 0 radical (unpaired) electrons. The van der Waals surface area contributed by atoms with Gasteiger partial charge in [-0.15, -0.1) is 0 Å². The molecule has 0 bridgehead atoms. The van der Waals surface area contributed by atoms with Gasteiger partial charge < -0.3 is 19.9 Å². The van der Waals surface area contributed by atoms with Crippen LogP contribution in [-0.4, -0.2) is 36.6 Å². The van der Waals surface area contributed by atoms with E-state index in [0.29, 0.717) is 0 Å². The number of nitrogens with one attached hydrogen (secondary N) is 1. The summed E-state index contributed by atoms with van der Waals surface area (Å²) in [6, 6.07) is 6.11. The second-order valence-electron chi connectivity index (χ2n) is 6.65. The fraction of sp³-hybridized carbons (Fsp3) is 0.647. The molecule has 1 aromatic rings. The van der Waals surface area contributed by atoms with E-state index in [1.807, 2.05) is 6.07 Å². The Bertz CT molecular complexity index is 495. The van der Waals surface area contributed by atoms with Crippen LogP contribution in [0.15, 0.2) is 18.2 Å². The van der Waals surface area contributed by atoms with Crippen molar-refractivity contribution in [3.05, 3.63) is 29.3 Å². The van der Waals surface area contributed by atoms with Crippen LogP contribution in [0.5, 0.6) is 5.75 Å². The van der Waals surface area contributed by atoms with Gasteiger partial charge in [-0.05, 0) is 32.3 Å². The van der Waals surface area contributed by atoms with E-state index in [-0.39, 0.29) is 24.4 Å². The molecular formula is C17H25NO3. The smallest absolute Gasteiger partial charge is 0.128 e. The van der Waals surface area contributed by atoms with E-state index in [2.05, 4.69) is 31.3 Å². The normalized spacial score (nSPS) is 24.6. The maximum atomic E-state index is 9.76. The van der Waals surface area contributed by atoms with Crippen LogP contribution in [0.1, 0.15) is 43.9 Å². The van der Waals surface area contributed by atoms with Crippen molar-refractivity contribution >= 4 is 0 Å². The van der Waals surface area contributed by atoms with Gasteiger partial charge in [0.15, 0.2) is 0 Å². The second-order valence-corrected chi connectivity index (χ2v) is 6.65. The number of fused-ring (bicyclic) bond motifs is 1. The van der Waals surface area contributed by atoms with Gasteiger partial charge in [-0.25, -0.2) is 0 Å².